The van der Waals surface area contributed by atoms with Crippen LogP contribution < -0.4 is 20.7 Å². The largest absolute Gasteiger partial charge is 0.180 e. The highest BCUT2D eigenvalue weighted by molar-refractivity contribution is 7.22. The molecule has 0 saturated heterocycles. The lowest BCUT2D eigenvalue weighted by molar-refractivity contribution is 1.70. The van der Waals surface area contributed by atoms with Crippen LogP contribution in [0.25, 0.3) is 11.1 Å². The molecule has 4 aromatic rings. The third-order valence-corrected chi connectivity index (χ3v) is 10.3. The highest BCUT2D eigenvalue weighted by atomic mass is 28.3. The summed E-state index contributed by atoms with van der Waals surface area (Å²) in [5, 5.41) is 5.93. The monoisotopic (exact) mass is 350 g/mol. The first kappa shape index (κ1) is 16.6. The Labute approximate surface area is 156 Å². The van der Waals surface area contributed by atoms with Crippen molar-refractivity contribution in [2.24, 2.45) is 0 Å². The van der Waals surface area contributed by atoms with Gasteiger partial charge in [0.2, 0.25) is 0 Å². The Morgan fingerprint density at radius 3 is 1.15 bits per heavy atom. The summed E-state index contributed by atoms with van der Waals surface area (Å²) in [7, 11) is -2.23. The molecule has 1 aliphatic heterocycles. The molecule has 0 nitrogen and oxygen atoms in total. The van der Waals surface area contributed by atoms with Crippen LogP contribution in [0.15, 0.2) is 109 Å². The van der Waals surface area contributed by atoms with Gasteiger partial charge in [0.15, 0.2) is 8.07 Å². The second kappa shape index (κ2) is 6.43. The summed E-state index contributed by atoms with van der Waals surface area (Å²) in [6, 6.07) is 40.2. The lowest BCUT2D eigenvalue weighted by Crippen LogP contribution is -2.72. The first-order valence-electron chi connectivity index (χ1n) is 8.73. The van der Waals surface area contributed by atoms with E-state index in [1.165, 1.54) is 31.9 Å². The van der Waals surface area contributed by atoms with Crippen molar-refractivity contribution >= 4 is 28.8 Å². The number of fused-ring (bicyclic) bond motifs is 3. The van der Waals surface area contributed by atoms with Crippen molar-refractivity contribution in [2.75, 3.05) is 0 Å². The van der Waals surface area contributed by atoms with Crippen molar-refractivity contribution in [3.63, 3.8) is 0 Å². The van der Waals surface area contributed by atoms with Gasteiger partial charge >= 0.3 is 0 Å². The van der Waals surface area contributed by atoms with E-state index in [0.29, 0.717) is 0 Å². The molecule has 1 aliphatic rings. The average molecular weight is 351 g/mol. The van der Waals surface area contributed by atoms with Crippen LogP contribution in [0, 0.1) is 0 Å². The highest BCUT2D eigenvalue weighted by Gasteiger charge is 2.48. The number of hydrogen-bond acceptors (Lipinski definition) is 0. The second-order valence-electron chi connectivity index (χ2n) is 6.57. The molecule has 0 amide bonds. The second-order valence-corrected chi connectivity index (χ2v) is 10.3. The van der Waals surface area contributed by atoms with E-state index in [1.807, 2.05) is 0 Å². The molecule has 4 aromatic carbocycles. The molecule has 0 fully saturated rings. The van der Waals surface area contributed by atoms with E-state index in [0.717, 1.165) is 0 Å². The van der Waals surface area contributed by atoms with Gasteiger partial charge in [0.1, 0.15) is 0 Å². The van der Waals surface area contributed by atoms with E-state index >= 15 is 0 Å². The van der Waals surface area contributed by atoms with Crippen LogP contribution >= 0.6 is 0 Å². The molecule has 0 aliphatic carbocycles. The Hall–Kier alpha value is -2.90. The molecule has 0 atom stereocenters. The van der Waals surface area contributed by atoms with Gasteiger partial charge in [-0.3, -0.25) is 0 Å². The minimum absolute atomic E-state index is 0. The van der Waals surface area contributed by atoms with Gasteiger partial charge in [-0.15, -0.1) is 0 Å². The third-order valence-electron chi connectivity index (χ3n) is 5.37. The summed E-state index contributed by atoms with van der Waals surface area (Å²) in [4.78, 5) is 0. The molecule has 1 heterocycles. The number of rotatable bonds is 2. The normalized spacial score (nSPS) is 13.4. The molecule has 0 unspecified atom stereocenters. The van der Waals surface area contributed by atoms with Gasteiger partial charge in [-0.05, 0) is 31.9 Å². The maximum atomic E-state index is 2.35. The van der Waals surface area contributed by atoms with Gasteiger partial charge in [0.05, 0.1) is 0 Å². The third kappa shape index (κ3) is 2.14. The molecule has 5 rings (SSSR count). The number of hydrogen-bond donors (Lipinski definition) is 0. The summed E-state index contributed by atoms with van der Waals surface area (Å²) in [5.74, 6) is 0. The van der Waals surface area contributed by atoms with Crippen molar-refractivity contribution in [1.29, 1.82) is 0 Å². The van der Waals surface area contributed by atoms with E-state index in [1.54, 1.807) is 0 Å². The zero-order valence-electron chi connectivity index (χ0n) is 13.9. The summed E-state index contributed by atoms with van der Waals surface area (Å²) in [6.45, 7) is 0. The Bertz CT molecular complexity index is 949. The SMILES string of the molecule is C.c1ccc([Si]2(c3ccccc3)c3ccccc3-c3ccccc32)cc1. The first-order valence-corrected chi connectivity index (χ1v) is 10.7. The van der Waals surface area contributed by atoms with Gasteiger partial charge in [-0.2, -0.15) is 0 Å². The molecule has 0 saturated carbocycles. The molecular weight excluding hydrogens is 328 g/mol. The minimum atomic E-state index is -2.23. The van der Waals surface area contributed by atoms with Crippen LogP contribution in [0.5, 0.6) is 0 Å². The molecule has 0 radical (unpaired) electrons. The van der Waals surface area contributed by atoms with Crippen LogP contribution in [0.4, 0.5) is 0 Å². The van der Waals surface area contributed by atoms with E-state index < -0.39 is 8.07 Å². The van der Waals surface area contributed by atoms with Crippen molar-refractivity contribution in [3.8, 4) is 11.1 Å². The maximum absolute atomic E-state index is 2.35. The van der Waals surface area contributed by atoms with Gasteiger partial charge in [0, 0.05) is 0 Å². The van der Waals surface area contributed by atoms with Gasteiger partial charge < -0.3 is 0 Å². The van der Waals surface area contributed by atoms with E-state index in [9.17, 15) is 0 Å². The fourth-order valence-corrected chi connectivity index (χ4v) is 9.59. The van der Waals surface area contributed by atoms with E-state index in [-0.39, 0.29) is 7.43 Å². The predicted octanol–water partition coefficient (Wildman–Crippen LogP) is 3.68. The van der Waals surface area contributed by atoms with Crippen molar-refractivity contribution in [2.45, 2.75) is 7.43 Å². The molecule has 1 heteroatoms. The van der Waals surface area contributed by atoms with Gasteiger partial charge in [-0.25, -0.2) is 0 Å². The Balaban J connectivity index is 0.00000168. The Kier molecular flexibility index (Phi) is 4.10. The molecule has 0 N–H and O–H groups in total. The van der Waals surface area contributed by atoms with Crippen LogP contribution in [0.2, 0.25) is 0 Å². The predicted molar refractivity (Wildman–Crippen MR) is 116 cm³/mol. The molecule has 0 spiro atoms. The standard InChI is InChI=1S/C24H18Si.CH4/c1-3-11-19(12-4-1)25(20-13-5-2-6-14-20)23-17-9-7-15-21(23)22-16-8-10-18-24(22)25;/h1-18H;1H4. The van der Waals surface area contributed by atoms with Crippen molar-refractivity contribution < 1.29 is 0 Å². The van der Waals surface area contributed by atoms with Crippen LogP contribution in [0.1, 0.15) is 7.43 Å². The van der Waals surface area contributed by atoms with E-state index in [4.69, 9.17) is 0 Å². The molecule has 0 bridgehead atoms. The van der Waals surface area contributed by atoms with Crippen molar-refractivity contribution in [3.05, 3.63) is 109 Å². The van der Waals surface area contributed by atoms with Gasteiger partial charge in [0.25, 0.3) is 0 Å². The molecular formula is C25H22Si. The Morgan fingerprint density at radius 1 is 0.385 bits per heavy atom. The summed E-state index contributed by atoms with van der Waals surface area (Å²) >= 11 is 0. The lowest BCUT2D eigenvalue weighted by atomic mass is 10.1. The van der Waals surface area contributed by atoms with Crippen LogP contribution in [-0.2, 0) is 0 Å². The zero-order chi connectivity index (χ0) is 16.7. The minimum Gasteiger partial charge on any atom is -0.0776 e. The highest BCUT2D eigenvalue weighted by Crippen LogP contribution is 2.27. The van der Waals surface area contributed by atoms with Crippen molar-refractivity contribution in [1.82, 2.24) is 0 Å². The summed E-state index contributed by atoms with van der Waals surface area (Å²) in [6.07, 6.45) is 0. The van der Waals surface area contributed by atoms with Gasteiger partial charge in [-0.1, -0.05) is 117 Å². The van der Waals surface area contributed by atoms with Crippen LogP contribution in [-0.4, -0.2) is 8.07 Å². The topological polar surface area (TPSA) is 0 Å². The summed E-state index contributed by atoms with van der Waals surface area (Å²) in [5.41, 5.74) is 2.80. The lowest BCUT2D eigenvalue weighted by Gasteiger charge is -2.31. The van der Waals surface area contributed by atoms with Crippen LogP contribution in [0.3, 0.4) is 0 Å². The fraction of sp³-hybridized carbons (Fsp3) is 0.0400. The van der Waals surface area contributed by atoms with E-state index in [2.05, 4.69) is 109 Å². The number of benzene rings is 4. The molecule has 26 heavy (non-hydrogen) atoms. The smallest absolute Gasteiger partial charge is 0.0776 e. The fourth-order valence-electron chi connectivity index (χ4n) is 4.40. The zero-order valence-corrected chi connectivity index (χ0v) is 14.9. The maximum Gasteiger partial charge on any atom is 0.180 e. The quantitative estimate of drug-likeness (QED) is 0.426. The first-order chi connectivity index (χ1) is 12.4. The average Bonchev–Trinajstić information content (AvgIpc) is 3.01. The molecule has 0 aromatic heterocycles. The Morgan fingerprint density at radius 2 is 0.731 bits per heavy atom. The molecule has 126 valence electrons. The summed E-state index contributed by atoms with van der Waals surface area (Å²) < 4.78 is 0.